The van der Waals surface area contributed by atoms with Gasteiger partial charge in [0, 0.05) is 8.07 Å². The number of nitrogens with one attached hydrogen (secondary N) is 1. The van der Waals surface area contributed by atoms with Crippen LogP contribution in [0.15, 0.2) is 24.3 Å². The molecule has 0 saturated carbocycles. The van der Waals surface area contributed by atoms with Crippen LogP contribution in [-0.2, 0) is 6.42 Å². The summed E-state index contributed by atoms with van der Waals surface area (Å²) in [5.74, 6) is 1.52. The second kappa shape index (κ2) is 7.99. The van der Waals surface area contributed by atoms with Crippen LogP contribution in [0.2, 0.25) is 25.7 Å². The third-order valence-electron chi connectivity index (χ3n) is 3.49. The predicted molar refractivity (Wildman–Crippen MR) is 94.2 cm³/mol. The highest BCUT2D eigenvalue weighted by Crippen LogP contribution is 2.21. The Kier molecular flexibility index (Phi) is 6.97. The minimum Gasteiger partial charge on any atom is -0.316 e. The first-order chi connectivity index (χ1) is 9.26. The summed E-state index contributed by atoms with van der Waals surface area (Å²) in [6.45, 7) is 16.5. The first-order valence-electron chi connectivity index (χ1n) is 8.02. The summed E-state index contributed by atoms with van der Waals surface area (Å²) in [6, 6.07) is 10.4. The molecule has 1 N–H and O–H groups in total. The fourth-order valence-electron chi connectivity index (χ4n) is 2.83. The Morgan fingerprint density at radius 2 is 1.80 bits per heavy atom. The molecule has 1 unspecified atom stereocenters. The van der Waals surface area contributed by atoms with Crippen molar-refractivity contribution in [2.75, 3.05) is 13.1 Å². The van der Waals surface area contributed by atoms with E-state index in [4.69, 9.17) is 0 Å². The van der Waals surface area contributed by atoms with Crippen LogP contribution >= 0.6 is 0 Å². The van der Waals surface area contributed by atoms with Crippen LogP contribution in [0, 0.1) is 18.8 Å². The van der Waals surface area contributed by atoms with Gasteiger partial charge < -0.3 is 5.32 Å². The minimum absolute atomic E-state index is 0.738. The van der Waals surface area contributed by atoms with Gasteiger partial charge in [0.25, 0.3) is 0 Å². The van der Waals surface area contributed by atoms with E-state index >= 15 is 0 Å². The van der Waals surface area contributed by atoms with Crippen LogP contribution in [0.4, 0.5) is 0 Å². The highest BCUT2D eigenvalue weighted by atomic mass is 28.3. The summed E-state index contributed by atoms with van der Waals surface area (Å²) in [5, 5.41) is 3.66. The third kappa shape index (κ3) is 7.86. The maximum atomic E-state index is 3.66. The monoisotopic (exact) mass is 291 g/mol. The Labute approximate surface area is 127 Å². The molecule has 0 amide bonds. The summed E-state index contributed by atoms with van der Waals surface area (Å²) in [5.41, 5.74) is 2.88. The van der Waals surface area contributed by atoms with E-state index in [1.54, 1.807) is 0 Å². The average molecular weight is 292 g/mol. The van der Waals surface area contributed by atoms with Crippen LogP contribution in [0.5, 0.6) is 0 Å². The zero-order chi connectivity index (χ0) is 15.2. The molecule has 0 heterocycles. The van der Waals surface area contributed by atoms with Crippen molar-refractivity contribution in [3.8, 4) is 0 Å². The molecule has 1 atom stereocenters. The quantitative estimate of drug-likeness (QED) is 0.682. The standard InChI is InChI=1S/C18H33NSi/c1-15(2)12-19-13-18(14-20(4,5)6)11-17-9-7-8-16(3)10-17/h7-10,15,18-19H,11-14H2,1-6H3. The van der Waals surface area contributed by atoms with Gasteiger partial charge in [0.15, 0.2) is 0 Å². The Morgan fingerprint density at radius 1 is 1.10 bits per heavy atom. The number of aryl methyl sites for hydroxylation is 1. The Morgan fingerprint density at radius 3 is 2.35 bits per heavy atom. The van der Waals surface area contributed by atoms with E-state index in [-0.39, 0.29) is 0 Å². The van der Waals surface area contributed by atoms with Crippen molar-refractivity contribution in [2.24, 2.45) is 11.8 Å². The molecule has 0 radical (unpaired) electrons. The lowest BCUT2D eigenvalue weighted by Crippen LogP contribution is -2.33. The van der Waals surface area contributed by atoms with Gasteiger partial charge >= 0.3 is 0 Å². The second-order valence-corrected chi connectivity index (χ2v) is 13.4. The van der Waals surface area contributed by atoms with Gasteiger partial charge in [-0.15, -0.1) is 0 Å². The Bertz CT molecular complexity index is 393. The van der Waals surface area contributed by atoms with Gasteiger partial charge in [0.05, 0.1) is 0 Å². The molecule has 1 aromatic carbocycles. The summed E-state index contributed by atoms with van der Waals surface area (Å²) in [6.07, 6.45) is 1.22. The van der Waals surface area contributed by atoms with Crippen molar-refractivity contribution in [2.45, 2.75) is 52.9 Å². The van der Waals surface area contributed by atoms with Gasteiger partial charge in [-0.05, 0) is 43.8 Å². The SMILES string of the molecule is Cc1cccc(CC(CNCC(C)C)C[Si](C)(C)C)c1. The molecule has 0 bridgehead atoms. The highest BCUT2D eigenvalue weighted by Gasteiger charge is 2.20. The molecule has 0 fully saturated rings. The largest absolute Gasteiger partial charge is 0.316 e. The molecule has 0 saturated heterocycles. The summed E-state index contributed by atoms with van der Waals surface area (Å²) in [7, 11) is -1.00. The highest BCUT2D eigenvalue weighted by molar-refractivity contribution is 6.76. The molecule has 1 rings (SSSR count). The maximum absolute atomic E-state index is 3.66. The molecule has 114 valence electrons. The van der Waals surface area contributed by atoms with E-state index in [0.717, 1.165) is 24.9 Å². The van der Waals surface area contributed by atoms with Crippen LogP contribution < -0.4 is 5.32 Å². The lowest BCUT2D eigenvalue weighted by molar-refractivity contribution is 0.470. The molecule has 20 heavy (non-hydrogen) atoms. The van der Waals surface area contributed by atoms with E-state index in [1.165, 1.54) is 23.6 Å². The van der Waals surface area contributed by atoms with E-state index in [9.17, 15) is 0 Å². The number of rotatable bonds is 8. The molecule has 1 aromatic rings. The van der Waals surface area contributed by atoms with E-state index < -0.39 is 8.07 Å². The van der Waals surface area contributed by atoms with Gasteiger partial charge in [-0.25, -0.2) is 0 Å². The van der Waals surface area contributed by atoms with Crippen LogP contribution in [-0.4, -0.2) is 21.2 Å². The number of hydrogen-bond acceptors (Lipinski definition) is 1. The second-order valence-electron chi connectivity index (χ2n) is 7.88. The van der Waals surface area contributed by atoms with Gasteiger partial charge in [-0.3, -0.25) is 0 Å². The van der Waals surface area contributed by atoms with Crippen LogP contribution in [0.25, 0.3) is 0 Å². The molecule has 0 aliphatic rings. The lowest BCUT2D eigenvalue weighted by atomic mass is 9.99. The zero-order valence-electron chi connectivity index (χ0n) is 14.3. The van der Waals surface area contributed by atoms with E-state index in [2.05, 4.69) is 70.0 Å². The Balaban J connectivity index is 2.62. The zero-order valence-corrected chi connectivity index (χ0v) is 15.3. The number of benzene rings is 1. The first-order valence-corrected chi connectivity index (χ1v) is 11.7. The number of hydrogen-bond donors (Lipinski definition) is 1. The van der Waals surface area contributed by atoms with Gasteiger partial charge in [0.2, 0.25) is 0 Å². The molecule has 0 aliphatic carbocycles. The molecular formula is C18H33NSi. The third-order valence-corrected chi connectivity index (χ3v) is 5.30. The van der Waals surface area contributed by atoms with Crippen molar-refractivity contribution < 1.29 is 0 Å². The van der Waals surface area contributed by atoms with Gasteiger partial charge in [-0.1, -0.05) is 69.4 Å². The van der Waals surface area contributed by atoms with Crippen LogP contribution in [0.3, 0.4) is 0 Å². The summed E-state index contributed by atoms with van der Waals surface area (Å²) in [4.78, 5) is 0. The molecule has 0 spiro atoms. The van der Waals surface area contributed by atoms with E-state index in [0.29, 0.717) is 0 Å². The fourth-order valence-corrected chi connectivity index (χ4v) is 4.85. The molecule has 1 nitrogen and oxygen atoms in total. The van der Waals surface area contributed by atoms with Crippen LogP contribution in [0.1, 0.15) is 25.0 Å². The normalized spacial score (nSPS) is 13.8. The van der Waals surface area contributed by atoms with Crippen molar-refractivity contribution in [1.82, 2.24) is 5.32 Å². The van der Waals surface area contributed by atoms with E-state index in [1.807, 2.05) is 0 Å². The lowest BCUT2D eigenvalue weighted by Gasteiger charge is -2.25. The molecule has 0 aliphatic heterocycles. The molecule has 0 aromatic heterocycles. The fraction of sp³-hybridized carbons (Fsp3) is 0.667. The van der Waals surface area contributed by atoms with Crippen molar-refractivity contribution in [3.05, 3.63) is 35.4 Å². The summed E-state index contributed by atoms with van der Waals surface area (Å²) < 4.78 is 0. The van der Waals surface area contributed by atoms with Gasteiger partial charge in [-0.2, -0.15) is 0 Å². The molecule has 2 heteroatoms. The average Bonchev–Trinajstić information content (AvgIpc) is 2.25. The maximum Gasteiger partial charge on any atom is 0.0446 e. The topological polar surface area (TPSA) is 12.0 Å². The predicted octanol–water partition coefficient (Wildman–Crippen LogP) is 4.74. The van der Waals surface area contributed by atoms with Gasteiger partial charge in [0.1, 0.15) is 0 Å². The van der Waals surface area contributed by atoms with Crippen molar-refractivity contribution in [3.63, 3.8) is 0 Å². The minimum atomic E-state index is -1.00. The first kappa shape index (κ1) is 17.4. The van der Waals surface area contributed by atoms with Crippen molar-refractivity contribution >= 4 is 8.07 Å². The van der Waals surface area contributed by atoms with Crippen molar-refractivity contribution in [1.29, 1.82) is 0 Å². The molecular weight excluding hydrogens is 258 g/mol. The Hall–Kier alpha value is -0.603. The summed E-state index contributed by atoms with van der Waals surface area (Å²) >= 11 is 0. The smallest absolute Gasteiger partial charge is 0.0446 e.